The molecule has 1 atom stereocenters. The van der Waals surface area contributed by atoms with E-state index >= 15 is 0 Å². The minimum Gasteiger partial charge on any atom is -0.487 e. The van der Waals surface area contributed by atoms with E-state index in [4.69, 9.17) is 14.4 Å². The van der Waals surface area contributed by atoms with Crippen LogP contribution in [0.15, 0.2) is 40.9 Å². The third kappa shape index (κ3) is 3.95. The Balaban J connectivity index is 1.68. The quantitative estimate of drug-likeness (QED) is 0.702. The van der Waals surface area contributed by atoms with Crippen LogP contribution in [-0.2, 0) is 6.61 Å². The van der Waals surface area contributed by atoms with Gasteiger partial charge in [-0.05, 0) is 31.2 Å². The van der Waals surface area contributed by atoms with Gasteiger partial charge in [-0.25, -0.2) is 8.78 Å². The molecule has 0 aliphatic carbocycles. The molecule has 0 radical (unpaired) electrons. The highest BCUT2D eigenvalue weighted by molar-refractivity contribution is 5.50. The third-order valence-corrected chi connectivity index (χ3v) is 3.24. The minimum atomic E-state index is -1.34. The molecule has 3 aromatic rings. The fourth-order valence-electron chi connectivity index (χ4n) is 2.02. The van der Waals surface area contributed by atoms with Crippen LogP contribution in [-0.4, -0.2) is 15.2 Å². The summed E-state index contributed by atoms with van der Waals surface area (Å²) in [6.07, 6.45) is 0.150. The summed E-state index contributed by atoms with van der Waals surface area (Å²) in [5.74, 6) is -0.238. The lowest BCUT2D eigenvalue weighted by Crippen LogP contribution is -1.99. The number of rotatable bonds is 5. The summed E-state index contributed by atoms with van der Waals surface area (Å²) < 4.78 is 37.1. The van der Waals surface area contributed by atoms with Crippen molar-refractivity contribution < 1.29 is 17.9 Å². The number of benzene rings is 1. The predicted molar refractivity (Wildman–Crippen MR) is 82.5 cm³/mol. The van der Waals surface area contributed by atoms with Gasteiger partial charge < -0.3 is 9.15 Å². The fourth-order valence-corrected chi connectivity index (χ4v) is 2.02. The number of halogens is 2. The number of hydrogen-bond acceptors (Lipinski definition) is 6. The largest absolute Gasteiger partial charge is 0.487 e. The van der Waals surface area contributed by atoms with Crippen LogP contribution in [0.1, 0.15) is 30.2 Å². The molecule has 0 fully saturated rings. The average Bonchev–Trinajstić information content (AvgIpc) is 3.10. The summed E-state index contributed by atoms with van der Waals surface area (Å²) in [6, 6.07) is 8.95. The molecule has 1 aromatic carbocycles. The molecular formula is C17H12F2N4O2. The van der Waals surface area contributed by atoms with Crippen molar-refractivity contribution >= 4 is 0 Å². The van der Waals surface area contributed by atoms with Crippen molar-refractivity contribution in [2.75, 3.05) is 0 Å². The smallest absolute Gasteiger partial charge is 0.250 e. The van der Waals surface area contributed by atoms with E-state index in [0.717, 1.165) is 6.07 Å². The van der Waals surface area contributed by atoms with E-state index in [-0.39, 0.29) is 29.7 Å². The average molecular weight is 342 g/mol. The summed E-state index contributed by atoms with van der Waals surface area (Å²) in [5, 5.41) is 16.2. The normalized spacial score (nSPS) is 11.8. The van der Waals surface area contributed by atoms with Crippen molar-refractivity contribution in [1.82, 2.24) is 15.2 Å². The van der Waals surface area contributed by atoms with Gasteiger partial charge in [-0.15, -0.1) is 10.2 Å². The number of pyridine rings is 1. The summed E-state index contributed by atoms with van der Waals surface area (Å²) in [7, 11) is 0. The fraction of sp³-hybridized carbons (Fsp3) is 0.176. The molecule has 0 N–H and O–H groups in total. The van der Waals surface area contributed by atoms with E-state index in [1.807, 2.05) is 6.07 Å². The van der Waals surface area contributed by atoms with Crippen LogP contribution in [0.2, 0.25) is 0 Å². The second-order valence-corrected chi connectivity index (χ2v) is 5.18. The van der Waals surface area contributed by atoms with Gasteiger partial charge >= 0.3 is 0 Å². The van der Waals surface area contributed by atoms with Gasteiger partial charge in [0.2, 0.25) is 5.89 Å². The van der Waals surface area contributed by atoms with Gasteiger partial charge in [-0.2, -0.15) is 5.26 Å². The molecule has 0 amide bonds. The minimum absolute atomic E-state index is 0.0885. The summed E-state index contributed by atoms with van der Waals surface area (Å²) >= 11 is 0. The molecule has 0 spiro atoms. The van der Waals surface area contributed by atoms with E-state index in [1.54, 1.807) is 12.1 Å². The highest BCUT2D eigenvalue weighted by atomic mass is 19.1. The lowest BCUT2D eigenvalue weighted by Gasteiger charge is -2.06. The molecule has 6 nitrogen and oxygen atoms in total. The van der Waals surface area contributed by atoms with Crippen LogP contribution >= 0.6 is 0 Å². The molecule has 2 aromatic heterocycles. The van der Waals surface area contributed by atoms with E-state index in [9.17, 15) is 8.78 Å². The van der Waals surface area contributed by atoms with Crippen LogP contribution in [0.3, 0.4) is 0 Å². The first kappa shape index (κ1) is 16.5. The van der Waals surface area contributed by atoms with Crippen LogP contribution < -0.4 is 4.74 Å². The van der Waals surface area contributed by atoms with Crippen molar-refractivity contribution in [2.24, 2.45) is 0 Å². The Hall–Kier alpha value is -3.34. The number of aromatic nitrogens is 3. The Morgan fingerprint density at radius 1 is 1.28 bits per heavy atom. The third-order valence-electron chi connectivity index (χ3n) is 3.24. The van der Waals surface area contributed by atoms with Gasteiger partial charge in [0.25, 0.3) is 5.89 Å². The molecular weight excluding hydrogens is 330 g/mol. The number of hydrogen-bond donors (Lipinski definition) is 0. The maximum atomic E-state index is 13.3. The Morgan fingerprint density at radius 3 is 2.76 bits per heavy atom. The number of alkyl halides is 1. The molecule has 0 aliphatic heterocycles. The molecule has 0 saturated carbocycles. The van der Waals surface area contributed by atoms with Crippen LogP contribution in [0, 0.1) is 17.1 Å². The highest BCUT2D eigenvalue weighted by Crippen LogP contribution is 2.22. The Morgan fingerprint density at radius 2 is 2.12 bits per heavy atom. The summed E-state index contributed by atoms with van der Waals surface area (Å²) in [6.45, 7) is 1.39. The molecule has 0 aliphatic rings. The van der Waals surface area contributed by atoms with Crippen LogP contribution in [0.4, 0.5) is 8.78 Å². The van der Waals surface area contributed by atoms with Gasteiger partial charge in [0.05, 0.1) is 22.9 Å². The van der Waals surface area contributed by atoms with Gasteiger partial charge in [0, 0.05) is 12.3 Å². The summed E-state index contributed by atoms with van der Waals surface area (Å²) in [5.41, 5.74) is 1.29. The van der Waals surface area contributed by atoms with Gasteiger partial charge in [0.1, 0.15) is 18.2 Å². The molecule has 3 rings (SSSR count). The predicted octanol–water partition coefficient (Wildman–Crippen LogP) is 3.75. The lowest BCUT2D eigenvalue weighted by atomic mass is 10.2. The maximum absolute atomic E-state index is 13.3. The number of nitrogens with zero attached hydrogens (tertiary/aromatic N) is 4. The molecule has 8 heteroatoms. The second-order valence-electron chi connectivity index (χ2n) is 5.18. The van der Waals surface area contributed by atoms with Crippen LogP contribution in [0.25, 0.3) is 11.5 Å². The first-order valence-electron chi connectivity index (χ1n) is 7.31. The van der Waals surface area contributed by atoms with Gasteiger partial charge in [0.15, 0.2) is 6.17 Å². The van der Waals surface area contributed by atoms with Crippen molar-refractivity contribution in [3.05, 3.63) is 59.5 Å². The molecule has 2 heterocycles. The summed E-state index contributed by atoms with van der Waals surface area (Å²) in [4.78, 5) is 4.18. The monoisotopic (exact) mass is 342 g/mol. The SMILES string of the molecule is CC(F)c1nnc(-c2ccc(COc3cc(F)cc(C#N)c3)nc2)o1. The molecule has 0 saturated heterocycles. The molecule has 126 valence electrons. The molecule has 1 unspecified atom stereocenters. The molecule has 0 bridgehead atoms. The zero-order valence-corrected chi connectivity index (χ0v) is 13.1. The van der Waals surface area contributed by atoms with Crippen molar-refractivity contribution in [3.63, 3.8) is 0 Å². The van der Waals surface area contributed by atoms with Crippen molar-refractivity contribution in [1.29, 1.82) is 5.26 Å². The van der Waals surface area contributed by atoms with E-state index < -0.39 is 12.0 Å². The molecule has 25 heavy (non-hydrogen) atoms. The van der Waals surface area contributed by atoms with Crippen LogP contribution in [0.5, 0.6) is 5.75 Å². The Bertz CT molecular complexity index is 917. The Labute approximate surface area is 141 Å². The van der Waals surface area contributed by atoms with Crippen molar-refractivity contribution in [3.8, 4) is 23.3 Å². The maximum Gasteiger partial charge on any atom is 0.250 e. The first-order chi connectivity index (χ1) is 12.0. The van der Waals surface area contributed by atoms with Gasteiger partial charge in [-0.1, -0.05) is 0 Å². The Kier molecular flexibility index (Phi) is 4.66. The topological polar surface area (TPSA) is 84.8 Å². The second kappa shape index (κ2) is 7.05. The number of ether oxygens (including phenoxy) is 1. The standard InChI is InChI=1S/C17H12F2N4O2/c1-10(18)16-22-23-17(25-16)12-2-3-14(21-8-12)9-24-15-5-11(7-20)4-13(19)6-15/h2-6,8,10H,9H2,1H3. The first-order valence-corrected chi connectivity index (χ1v) is 7.31. The van der Waals surface area contributed by atoms with E-state index in [0.29, 0.717) is 11.3 Å². The lowest BCUT2D eigenvalue weighted by molar-refractivity contribution is 0.299. The van der Waals surface area contributed by atoms with E-state index in [2.05, 4.69) is 15.2 Å². The van der Waals surface area contributed by atoms with E-state index in [1.165, 1.54) is 25.3 Å². The number of nitriles is 1. The highest BCUT2D eigenvalue weighted by Gasteiger charge is 2.14. The zero-order chi connectivity index (χ0) is 17.8. The van der Waals surface area contributed by atoms with Gasteiger partial charge in [-0.3, -0.25) is 4.98 Å². The zero-order valence-electron chi connectivity index (χ0n) is 13.1. The van der Waals surface area contributed by atoms with Crippen molar-refractivity contribution in [2.45, 2.75) is 19.7 Å².